The van der Waals surface area contributed by atoms with E-state index in [0.29, 0.717) is 28.4 Å². The second-order valence-corrected chi connectivity index (χ2v) is 7.63. The summed E-state index contributed by atoms with van der Waals surface area (Å²) in [5.74, 6) is 1.23. The van der Waals surface area contributed by atoms with Crippen LogP contribution in [0.4, 0.5) is 16.3 Å². The zero-order valence-electron chi connectivity index (χ0n) is 16.9. The van der Waals surface area contributed by atoms with Gasteiger partial charge >= 0.3 is 6.09 Å². The molecule has 0 aliphatic carbocycles. The van der Waals surface area contributed by atoms with Crippen molar-refractivity contribution in [2.75, 3.05) is 10.6 Å². The number of amides is 1. The number of hydrogen-bond donors (Lipinski definition) is 4. The van der Waals surface area contributed by atoms with Crippen molar-refractivity contribution in [1.82, 2.24) is 9.97 Å². The Morgan fingerprint density at radius 2 is 1.93 bits per heavy atom. The van der Waals surface area contributed by atoms with Gasteiger partial charge in [0.1, 0.15) is 17.2 Å². The molecule has 0 aliphatic heterocycles. The highest BCUT2D eigenvalue weighted by atomic mass is 16.6. The van der Waals surface area contributed by atoms with Gasteiger partial charge in [-0.3, -0.25) is 10.3 Å². The molecule has 0 saturated carbocycles. The van der Waals surface area contributed by atoms with Crippen LogP contribution < -0.4 is 22.1 Å². The average molecular weight is 384 g/mol. The van der Waals surface area contributed by atoms with Crippen LogP contribution in [0.1, 0.15) is 34.6 Å². The van der Waals surface area contributed by atoms with Crippen LogP contribution in [0.15, 0.2) is 48.1 Å². The number of nitrogens with zero attached hydrogens (tertiary/aromatic N) is 2. The maximum Gasteiger partial charge on any atom is 0.412 e. The quantitative estimate of drug-likeness (QED) is 0.579. The van der Waals surface area contributed by atoms with Crippen LogP contribution in [0, 0.1) is 5.92 Å². The summed E-state index contributed by atoms with van der Waals surface area (Å²) < 4.78 is 5.25. The number of carbonyl (C=O) groups excluding carboxylic acids is 1. The van der Waals surface area contributed by atoms with E-state index in [4.69, 9.17) is 16.2 Å². The number of allylic oxidation sites excluding steroid dienone is 2. The lowest BCUT2D eigenvalue weighted by Gasteiger charge is -2.19. The highest BCUT2D eigenvalue weighted by molar-refractivity contribution is 5.88. The number of aromatic nitrogens is 2. The number of nitrogens with one attached hydrogen (secondary N) is 2. The first-order chi connectivity index (χ1) is 13.1. The zero-order chi connectivity index (χ0) is 20.9. The molecule has 1 amide bonds. The SMILES string of the molecule is CC(C)C(=C/N)/C=C(\N)Nc1ccc2ncc(NC(=O)OC(C)(C)C)cc2n1. The normalized spacial score (nSPS) is 12.9. The molecule has 0 unspecified atom stereocenters. The van der Waals surface area contributed by atoms with Crippen LogP contribution >= 0.6 is 0 Å². The molecule has 8 heteroatoms. The number of fused-ring (bicyclic) bond motifs is 1. The third-order valence-corrected chi connectivity index (χ3v) is 3.64. The number of hydrogen-bond acceptors (Lipinski definition) is 7. The van der Waals surface area contributed by atoms with Gasteiger partial charge in [-0.25, -0.2) is 9.78 Å². The van der Waals surface area contributed by atoms with Gasteiger partial charge in [0.2, 0.25) is 0 Å². The number of rotatable bonds is 5. The number of nitrogens with two attached hydrogens (primary N) is 2. The van der Waals surface area contributed by atoms with Crippen molar-refractivity contribution in [2.24, 2.45) is 17.4 Å². The van der Waals surface area contributed by atoms with Crippen LogP contribution in [0.3, 0.4) is 0 Å². The lowest BCUT2D eigenvalue weighted by molar-refractivity contribution is 0.0636. The summed E-state index contributed by atoms with van der Waals surface area (Å²) in [6, 6.07) is 5.31. The van der Waals surface area contributed by atoms with E-state index < -0.39 is 11.7 Å². The third kappa shape index (κ3) is 6.15. The Morgan fingerprint density at radius 3 is 2.54 bits per heavy atom. The molecule has 6 N–H and O–H groups in total. The van der Waals surface area contributed by atoms with Gasteiger partial charge in [0.25, 0.3) is 0 Å². The van der Waals surface area contributed by atoms with Gasteiger partial charge in [0, 0.05) is 0 Å². The molecule has 2 aromatic rings. The van der Waals surface area contributed by atoms with Gasteiger partial charge in [-0.05, 0) is 62.7 Å². The summed E-state index contributed by atoms with van der Waals surface area (Å²) in [4.78, 5) is 20.7. The van der Waals surface area contributed by atoms with E-state index in [-0.39, 0.29) is 5.92 Å². The van der Waals surface area contributed by atoms with Crippen molar-refractivity contribution in [3.8, 4) is 0 Å². The maximum absolute atomic E-state index is 11.9. The fourth-order valence-corrected chi connectivity index (χ4v) is 2.34. The number of pyridine rings is 2. The Morgan fingerprint density at radius 1 is 1.21 bits per heavy atom. The van der Waals surface area contributed by atoms with E-state index in [1.807, 2.05) is 19.9 Å². The van der Waals surface area contributed by atoms with Gasteiger partial charge < -0.3 is 21.5 Å². The predicted octanol–water partition coefficient (Wildman–Crippen LogP) is 3.69. The Bertz CT molecular complexity index is 913. The molecule has 0 bridgehead atoms. The first kappa shape index (κ1) is 21.0. The minimum atomic E-state index is -0.583. The largest absolute Gasteiger partial charge is 0.444 e. The summed E-state index contributed by atoms with van der Waals surface area (Å²) in [7, 11) is 0. The first-order valence-electron chi connectivity index (χ1n) is 9.00. The van der Waals surface area contributed by atoms with Crippen molar-refractivity contribution < 1.29 is 9.53 Å². The molecule has 0 radical (unpaired) electrons. The van der Waals surface area contributed by atoms with E-state index in [0.717, 1.165) is 5.57 Å². The smallest absolute Gasteiger partial charge is 0.412 e. The summed E-state index contributed by atoms with van der Waals surface area (Å²) in [5, 5.41) is 5.69. The molecule has 2 rings (SSSR count). The van der Waals surface area contributed by atoms with Crippen molar-refractivity contribution >= 4 is 28.6 Å². The topological polar surface area (TPSA) is 128 Å². The van der Waals surface area contributed by atoms with Crippen LogP contribution in [0.5, 0.6) is 0 Å². The molecular weight excluding hydrogens is 356 g/mol. The summed E-state index contributed by atoms with van der Waals surface area (Å²) in [6.45, 7) is 9.46. The number of anilines is 2. The highest BCUT2D eigenvalue weighted by Crippen LogP contribution is 2.19. The van der Waals surface area contributed by atoms with E-state index in [9.17, 15) is 4.79 Å². The molecule has 2 aromatic heterocycles. The Labute approximate surface area is 165 Å². The maximum atomic E-state index is 11.9. The van der Waals surface area contributed by atoms with Crippen LogP contribution in [-0.2, 0) is 4.74 Å². The fourth-order valence-electron chi connectivity index (χ4n) is 2.34. The van der Waals surface area contributed by atoms with Gasteiger partial charge in [-0.15, -0.1) is 0 Å². The molecule has 0 saturated heterocycles. The molecule has 2 heterocycles. The van der Waals surface area contributed by atoms with Crippen molar-refractivity contribution in [1.29, 1.82) is 0 Å². The second kappa shape index (κ2) is 8.60. The van der Waals surface area contributed by atoms with E-state index >= 15 is 0 Å². The molecule has 0 aromatic carbocycles. The predicted molar refractivity (Wildman–Crippen MR) is 112 cm³/mol. The number of carbonyl (C=O) groups is 1. The van der Waals surface area contributed by atoms with Crippen molar-refractivity contribution in [3.05, 3.63) is 48.1 Å². The van der Waals surface area contributed by atoms with Gasteiger partial charge in [0.05, 0.1) is 22.9 Å². The Hall–Kier alpha value is -3.29. The Balaban J connectivity index is 2.20. The van der Waals surface area contributed by atoms with Crippen molar-refractivity contribution in [3.63, 3.8) is 0 Å². The van der Waals surface area contributed by atoms with E-state index in [1.165, 1.54) is 6.20 Å². The lowest BCUT2D eigenvalue weighted by Crippen LogP contribution is -2.27. The zero-order valence-corrected chi connectivity index (χ0v) is 16.9. The molecular formula is C20H28N6O2. The lowest BCUT2D eigenvalue weighted by atomic mass is 10.0. The van der Waals surface area contributed by atoms with Gasteiger partial charge in [-0.2, -0.15) is 0 Å². The molecule has 28 heavy (non-hydrogen) atoms. The first-order valence-corrected chi connectivity index (χ1v) is 9.00. The van der Waals surface area contributed by atoms with Crippen LogP contribution in [0.25, 0.3) is 11.0 Å². The fraction of sp³-hybridized carbons (Fsp3) is 0.350. The monoisotopic (exact) mass is 384 g/mol. The van der Waals surface area contributed by atoms with Crippen LogP contribution in [0.2, 0.25) is 0 Å². The van der Waals surface area contributed by atoms with Gasteiger partial charge in [0.15, 0.2) is 0 Å². The summed E-state index contributed by atoms with van der Waals surface area (Å²) in [5.41, 5.74) is 13.8. The minimum Gasteiger partial charge on any atom is -0.444 e. The standard InChI is InChI=1S/C20H28N6O2/c1-12(2)13(10-21)8-17(22)26-18-7-6-15-16(25-18)9-14(11-23-15)24-19(27)28-20(3,4)5/h6-12H,21-22H2,1-5H3,(H,24,27)(H,25,26)/b13-10+,17-8+. The van der Waals surface area contributed by atoms with E-state index in [1.54, 1.807) is 45.2 Å². The molecule has 0 atom stereocenters. The van der Waals surface area contributed by atoms with Crippen LogP contribution in [-0.4, -0.2) is 21.7 Å². The average Bonchev–Trinajstić information content (AvgIpc) is 2.57. The Kier molecular flexibility index (Phi) is 6.45. The van der Waals surface area contributed by atoms with Gasteiger partial charge in [-0.1, -0.05) is 13.8 Å². The molecule has 150 valence electrons. The second-order valence-electron chi connectivity index (χ2n) is 7.63. The molecule has 0 spiro atoms. The summed E-state index contributed by atoms with van der Waals surface area (Å²) in [6.07, 6.45) is 4.31. The summed E-state index contributed by atoms with van der Waals surface area (Å²) >= 11 is 0. The minimum absolute atomic E-state index is 0.251. The molecule has 8 nitrogen and oxygen atoms in total. The third-order valence-electron chi connectivity index (χ3n) is 3.64. The van der Waals surface area contributed by atoms with E-state index in [2.05, 4.69) is 20.6 Å². The highest BCUT2D eigenvalue weighted by Gasteiger charge is 2.16. The number of ether oxygens (including phenoxy) is 1. The molecule has 0 fully saturated rings. The molecule has 0 aliphatic rings. The van der Waals surface area contributed by atoms with Crippen molar-refractivity contribution in [2.45, 2.75) is 40.2 Å².